The Morgan fingerprint density at radius 3 is 2.56 bits per heavy atom. The molecule has 0 spiro atoms. The molecule has 1 saturated heterocycles. The lowest BCUT2D eigenvalue weighted by molar-refractivity contribution is -0.0789. The molecule has 1 unspecified atom stereocenters. The molecule has 12 heteroatoms. The Hall–Kier alpha value is -3.08. The van der Waals surface area contributed by atoms with Crippen molar-refractivity contribution in [3.8, 4) is 11.4 Å². The summed E-state index contributed by atoms with van der Waals surface area (Å²) in [5.74, 6) is -1.23. The second kappa shape index (κ2) is 10.1. The first-order valence-corrected chi connectivity index (χ1v) is 12.0. The highest BCUT2D eigenvalue weighted by molar-refractivity contribution is 6.42. The van der Waals surface area contributed by atoms with Crippen LogP contribution in [0.25, 0.3) is 11.4 Å². The second-order valence-electron chi connectivity index (χ2n) is 9.86. The second-order valence-corrected chi connectivity index (χ2v) is 10.7. The summed E-state index contributed by atoms with van der Waals surface area (Å²) in [6.45, 7) is 6.36. The van der Waals surface area contributed by atoms with Gasteiger partial charge in [-0.05, 0) is 35.2 Å². The lowest BCUT2D eigenvalue weighted by Crippen LogP contribution is -2.42. The molecule has 3 aromatic rings. The fourth-order valence-electron chi connectivity index (χ4n) is 4.27. The largest absolute Gasteiger partial charge is 0.465 e. The summed E-state index contributed by atoms with van der Waals surface area (Å²) in [7, 11) is 0. The molecule has 36 heavy (non-hydrogen) atoms. The molecule has 2 aromatic heterocycles. The van der Waals surface area contributed by atoms with Crippen LogP contribution in [-0.4, -0.2) is 50.0 Å². The van der Waals surface area contributed by atoms with E-state index in [-0.39, 0.29) is 36.4 Å². The topological polar surface area (TPSA) is 131 Å². The molecule has 2 N–H and O–H groups in total. The molecule has 0 saturated carbocycles. The van der Waals surface area contributed by atoms with Gasteiger partial charge in [0.05, 0.1) is 34.4 Å². The molecule has 3 atom stereocenters. The van der Waals surface area contributed by atoms with E-state index in [2.05, 4.69) is 14.7 Å². The Morgan fingerprint density at radius 1 is 1.19 bits per heavy atom. The molecule has 4 rings (SSSR count). The van der Waals surface area contributed by atoms with Crippen molar-refractivity contribution >= 4 is 29.3 Å². The van der Waals surface area contributed by atoms with Crippen LogP contribution in [0.1, 0.15) is 32.4 Å². The molecule has 1 amide bonds. The van der Waals surface area contributed by atoms with Gasteiger partial charge in [-0.2, -0.15) is 0 Å². The van der Waals surface area contributed by atoms with Crippen molar-refractivity contribution in [2.45, 2.75) is 39.5 Å². The highest BCUT2D eigenvalue weighted by Gasteiger charge is 2.40. The molecule has 192 valence electrons. The lowest BCUT2D eigenvalue weighted by Gasteiger charge is -2.34. The Bertz CT molecular complexity index is 1380. The Morgan fingerprint density at radius 2 is 1.94 bits per heavy atom. The Kier molecular flexibility index (Phi) is 7.31. The highest BCUT2D eigenvalue weighted by Crippen LogP contribution is 2.39. The quantitative estimate of drug-likeness (QED) is 0.508. The Balaban J connectivity index is 1.78. The van der Waals surface area contributed by atoms with Gasteiger partial charge in [0.2, 0.25) is 0 Å². The number of carboxylic acid groups (broad SMARTS) is 1. The number of ether oxygens (including phenoxy) is 1. The summed E-state index contributed by atoms with van der Waals surface area (Å²) in [5.41, 5.74) is 0.0769. The first kappa shape index (κ1) is 26.0. The van der Waals surface area contributed by atoms with Gasteiger partial charge >= 0.3 is 11.8 Å². The van der Waals surface area contributed by atoms with Crippen molar-refractivity contribution in [2.24, 2.45) is 11.3 Å². The first-order valence-electron chi connectivity index (χ1n) is 11.3. The fourth-order valence-corrected chi connectivity index (χ4v) is 4.58. The highest BCUT2D eigenvalue weighted by atomic mass is 35.5. The molecule has 1 aliphatic heterocycles. The maximum atomic E-state index is 13.3. The van der Waals surface area contributed by atoms with E-state index in [0.29, 0.717) is 10.0 Å². The predicted octanol–water partition coefficient (Wildman–Crippen LogP) is 4.28. The van der Waals surface area contributed by atoms with E-state index in [9.17, 15) is 19.5 Å². The minimum atomic E-state index is -1.08. The summed E-state index contributed by atoms with van der Waals surface area (Å²) in [6, 6.07) is 8.33. The molecule has 0 bridgehead atoms. The number of benzene rings is 1. The number of nitrogens with one attached hydrogen (secondary N) is 1. The number of hydrogen-bond acceptors (Lipinski definition) is 6. The molecule has 1 aromatic carbocycles. The van der Waals surface area contributed by atoms with Crippen molar-refractivity contribution in [1.82, 2.24) is 19.6 Å². The van der Waals surface area contributed by atoms with Crippen molar-refractivity contribution < 1.29 is 19.2 Å². The number of aromatic nitrogens is 3. The summed E-state index contributed by atoms with van der Waals surface area (Å²) in [4.78, 5) is 40.5. The van der Waals surface area contributed by atoms with E-state index in [1.165, 1.54) is 15.5 Å². The normalized spacial score (nSPS) is 20.8. The molecular weight excluding hydrogens is 511 g/mol. The molecule has 0 aliphatic carbocycles. The summed E-state index contributed by atoms with van der Waals surface area (Å²) >= 11 is 12.5. The van der Waals surface area contributed by atoms with Gasteiger partial charge in [0.1, 0.15) is 0 Å². The van der Waals surface area contributed by atoms with Gasteiger partial charge in [0, 0.05) is 25.2 Å². The zero-order valence-corrected chi connectivity index (χ0v) is 21.4. The zero-order valence-electron chi connectivity index (χ0n) is 19.9. The van der Waals surface area contributed by atoms with Crippen LogP contribution in [0.5, 0.6) is 0 Å². The smallest absolute Gasteiger partial charge is 0.439 e. The number of aromatic amines is 1. The SMILES string of the molecule is CC(C)(C)C1CN(C(=O)O)C[C@@H](Cn2cccc(-c3noc(=O)[nH]3)c2=O)[C@H](c2ccc(Cl)c(Cl)c2)O1. The summed E-state index contributed by atoms with van der Waals surface area (Å²) in [5, 5.41) is 14.3. The summed E-state index contributed by atoms with van der Waals surface area (Å²) in [6.07, 6.45) is -0.501. The van der Waals surface area contributed by atoms with E-state index < -0.39 is 35.5 Å². The lowest BCUT2D eigenvalue weighted by atomic mass is 9.88. The maximum absolute atomic E-state index is 13.3. The minimum Gasteiger partial charge on any atom is -0.465 e. The van der Waals surface area contributed by atoms with Crippen LogP contribution in [0, 0.1) is 11.3 Å². The third-order valence-electron chi connectivity index (χ3n) is 6.24. The van der Waals surface area contributed by atoms with Gasteiger partial charge in [-0.15, -0.1) is 0 Å². The number of halogens is 2. The van der Waals surface area contributed by atoms with Crippen molar-refractivity contribution in [1.29, 1.82) is 0 Å². The van der Waals surface area contributed by atoms with Gasteiger partial charge < -0.3 is 19.3 Å². The zero-order chi connectivity index (χ0) is 26.2. The Labute approximate surface area is 216 Å². The van der Waals surface area contributed by atoms with Crippen LogP contribution in [0.2, 0.25) is 10.0 Å². The van der Waals surface area contributed by atoms with Gasteiger partial charge in [-0.1, -0.05) is 55.2 Å². The van der Waals surface area contributed by atoms with Gasteiger partial charge in [0.15, 0.2) is 5.82 Å². The van der Waals surface area contributed by atoms with Crippen molar-refractivity contribution in [3.63, 3.8) is 0 Å². The number of H-pyrrole nitrogens is 1. The summed E-state index contributed by atoms with van der Waals surface area (Å²) < 4.78 is 12.6. The number of rotatable bonds is 4. The third kappa shape index (κ3) is 5.50. The molecule has 3 heterocycles. The van der Waals surface area contributed by atoms with Gasteiger partial charge in [-0.3, -0.25) is 14.3 Å². The minimum absolute atomic E-state index is 0.0115. The number of pyridine rings is 1. The predicted molar refractivity (Wildman–Crippen MR) is 133 cm³/mol. The number of carbonyl (C=O) groups is 1. The number of amides is 1. The van der Waals surface area contributed by atoms with Crippen LogP contribution in [-0.2, 0) is 11.3 Å². The van der Waals surface area contributed by atoms with E-state index in [0.717, 1.165) is 5.56 Å². The van der Waals surface area contributed by atoms with E-state index >= 15 is 0 Å². The van der Waals surface area contributed by atoms with Crippen molar-refractivity contribution in [2.75, 3.05) is 13.1 Å². The van der Waals surface area contributed by atoms with E-state index in [4.69, 9.17) is 27.9 Å². The van der Waals surface area contributed by atoms with Crippen LogP contribution in [0.4, 0.5) is 4.79 Å². The molecular formula is C24H26Cl2N4O6. The first-order chi connectivity index (χ1) is 16.9. The van der Waals surface area contributed by atoms with Gasteiger partial charge in [0.25, 0.3) is 5.56 Å². The monoisotopic (exact) mass is 536 g/mol. The van der Waals surface area contributed by atoms with Crippen LogP contribution < -0.4 is 11.3 Å². The molecule has 1 aliphatic rings. The number of nitrogens with zero attached hydrogens (tertiary/aromatic N) is 3. The van der Waals surface area contributed by atoms with Crippen LogP contribution in [0.15, 0.2) is 50.6 Å². The number of hydrogen-bond donors (Lipinski definition) is 2. The van der Waals surface area contributed by atoms with Crippen LogP contribution >= 0.6 is 23.2 Å². The standard InChI is InChI=1S/C24H26Cl2N4O6/c1-24(2,3)18-12-30(23(33)34)11-14(19(35-18)13-6-7-16(25)17(26)9-13)10-29-8-4-5-15(21(29)31)20-27-22(32)36-28-20/h4-9,14,18-19H,10-12H2,1-3H3,(H,33,34)(H,27,28,32)/t14-,18?,19+/m1/s1. The van der Waals surface area contributed by atoms with E-state index in [1.807, 2.05) is 20.8 Å². The molecule has 10 nitrogen and oxygen atoms in total. The maximum Gasteiger partial charge on any atom is 0.439 e. The van der Waals surface area contributed by atoms with Crippen molar-refractivity contribution in [3.05, 3.63) is 73.0 Å². The third-order valence-corrected chi connectivity index (χ3v) is 6.97. The average Bonchev–Trinajstić information content (AvgIpc) is 3.13. The van der Waals surface area contributed by atoms with Gasteiger partial charge in [-0.25, -0.2) is 9.59 Å². The average molecular weight is 537 g/mol. The molecule has 1 fully saturated rings. The molecule has 0 radical (unpaired) electrons. The van der Waals surface area contributed by atoms with Crippen LogP contribution in [0.3, 0.4) is 0 Å². The van der Waals surface area contributed by atoms with E-state index in [1.54, 1.807) is 30.5 Å². The fraction of sp³-hybridized carbons (Fsp3) is 0.417.